The number of nitro benzene ring substituents is 1. The molecule has 0 aliphatic heterocycles. The Kier molecular flexibility index (Phi) is 5.20. The molecule has 124 valence electrons. The van der Waals surface area contributed by atoms with Crippen molar-refractivity contribution in [1.29, 1.82) is 0 Å². The van der Waals surface area contributed by atoms with Crippen molar-refractivity contribution in [1.82, 2.24) is 0 Å². The maximum Gasteiger partial charge on any atom is 0.311 e. The van der Waals surface area contributed by atoms with Gasteiger partial charge in [-0.25, -0.2) is 4.39 Å². The van der Waals surface area contributed by atoms with Crippen LogP contribution in [0.3, 0.4) is 0 Å². The summed E-state index contributed by atoms with van der Waals surface area (Å²) in [6.07, 6.45) is 0. The van der Waals surface area contributed by atoms with Gasteiger partial charge in [0.2, 0.25) is 5.75 Å². The Morgan fingerprint density at radius 2 is 1.96 bits per heavy atom. The number of ketones is 1. The molecular weight excluding hydrogens is 319 g/mol. The van der Waals surface area contributed by atoms with Crippen molar-refractivity contribution in [3.63, 3.8) is 0 Å². The number of anilines is 1. The molecule has 0 heterocycles. The number of ether oxygens (including phenoxy) is 1. The van der Waals surface area contributed by atoms with Gasteiger partial charge in [0.05, 0.1) is 10.6 Å². The number of rotatable bonds is 6. The van der Waals surface area contributed by atoms with Crippen LogP contribution >= 0.6 is 0 Å². The van der Waals surface area contributed by atoms with Crippen LogP contribution in [-0.4, -0.2) is 23.2 Å². The minimum Gasteiger partial charge on any atom is -0.477 e. The van der Waals surface area contributed by atoms with E-state index < -0.39 is 28.9 Å². The zero-order valence-corrected chi connectivity index (χ0v) is 12.6. The van der Waals surface area contributed by atoms with Crippen LogP contribution in [0, 0.1) is 15.9 Å². The summed E-state index contributed by atoms with van der Waals surface area (Å²) >= 11 is 0. The first kappa shape index (κ1) is 17.1. The van der Waals surface area contributed by atoms with E-state index in [1.54, 1.807) is 24.3 Å². The van der Waals surface area contributed by atoms with Gasteiger partial charge in [-0.1, -0.05) is 12.1 Å². The average molecular weight is 332 g/mol. The molecule has 0 bridgehead atoms. The fourth-order valence-corrected chi connectivity index (χ4v) is 1.98. The molecule has 2 rings (SSSR count). The number of carbonyl (C=O) groups is 2. The van der Waals surface area contributed by atoms with Crippen LogP contribution in [0.1, 0.15) is 17.3 Å². The van der Waals surface area contributed by atoms with Crippen LogP contribution < -0.4 is 10.1 Å². The average Bonchev–Trinajstić information content (AvgIpc) is 2.53. The zero-order chi connectivity index (χ0) is 17.7. The van der Waals surface area contributed by atoms with E-state index in [0.29, 0.717) is 11.3 Å². The third-order valence-electron chi connectivity index (χ3n) is 3.06. The monoisotopic (exact) mass is 332 g/mol. The van der Waals surface area contributed by atoms with E-state index in [4.69, 9.17) is 4.74 Å². The highest BCUT2D eigenvalue weighted by Crippen LogP contribution is 2.27. The molecule has 1 N–H and O–H groups in total. The standard InChI is InChI=1S/C16H13FN2O5/c1-10(20)12-4-2-3-5-13(12)18-16(21)9-24-15-8-11(17)6-7-14(15)19(22)23/h2-8H,9H2,1H3,(H,18,21). The lowest BCUT2D eigenvalue weighted by Gasteiger charge is -2.10. The predicted molar refractivity (Wildman–Crippen MR) is 83.6 cm³/mol. The van der Waals surface area contributed by atoms with Crippen molar-refractivity contribution in [3.8, 4) is 5.75 Å². The highest BCUT2D eigenvalue weighted by Gasteiger charge is 2.17. The van der Waals surface area contributed by atoms with Gasteiger partial charge in [0, 0.05) is 17.7 Å². The Balaban J connectivity index is 2.09. The molecule has 7 nitrogen and oxygen atoms in total. The molecule has 0 aliphatic carbocycles. The minimum absolute atomic E-state index is 0.229. The molecule has 0 radical (unpaired) electrons. The number of benzene rings is 2. The molecule has 0 aromatic heterocycles. The van der Waals surface area contributed by atoms with Crippen molar-refractivity contribution in [2.45, 2.75) is 6.92 Å². The third kappa shape index (κ3) is 4.13. The van der Waals surface area contributed by atoms with Crippen molar-refractivity contribution in [3.05, 3.63) is 64.0 Å². The maximum atomic E-state index is 13.2. The number of para-hydroxylation sites is 1. The lowest BCUT2D eigenvalue weighted by Crippen LogP contribution is -2.21. The summed E-state index contributed by atoms with van der Waals surface area (Å²) in [7, 11) is 0. The number of hydrogen-bond acceptors (Lipinski definition) is 5. The molecule has 2 aromatic rings. The highest BCUT2D eigenvalue weighted by molar-refractivity contribution is 6.03. The van der Waals surface area contributed by atoms with Crippen LogP contribution in [0.25, 0.3) is 0 Å². The fourth-order valence-electron chi connectivity index (χ4n) is 1.98. The van der Waals surface area contributed by atoms with Gasteiger partial charge in [-0.15, -0.1) is 0 Å². The Morgan fingerprint density at radius 1 is 1.25 bits per heavy atom. The molecule has 0 saturated carbocycles. The Labute approximate surface area is 136 Å². The van der Waals surface area contributed by atoms with Crippen molar-refractivity contribution < 1.29 is 23.6 Å². The fraction of sp³-hybridized carbons (Fsp3) is 0.125. The van der Waals surface area contributed by atoms with E-state index in [0.717, 1.165) is 18.2 Å². The number of hydrogen-bond donors (Lipinski definition) is 1. The second-order valence-corrected chi connectivity index (χ2v) is 4.81. The van der Waals surface area contributed by atoms with E-state index in [-0.39, 0.29) is 11.5 Å². The number of carbonyl (C=O) groups excluding carboxylic acids is 2. The number of halogens is 1. The van der Waals surface area contributed by atoms with Gasteiger partial charge in [0.25, 0.3) is 5.91 Å². The number of nitro groups is 1. The molecule has 8 heteroatoms. The summed E-state index contributed by atoms with van der Waals surface area (Å²) in [5, 5.41) is 13.3. The summed E-state index contributed by atoms with van der Waals surface area (Å²) in [6.45, 7) is 0.786. The minimum atomic E-state index is -0.738. The smallest absolute Gasteiger partial charge is 0.311 e. The van der Waals surface area contributed by atoms with Crippen LogP contribution in [-0.2, 0) is 4.79 Å². The summed E-state index contributed by atoms with van der Waals surface area (Å²) in [6, 6.07) is 9.09. The molecule has 0 fully saturated rings. The topological polar surface area (TPSA) is 98.5 Å². The normalized spacial score (nSPS) is 10.1. The second kappa shape index (κ2) is 7.32. The number of Topliss-reactive ketones (excluding diaryl/α,β-unsaturated/α-hetero) is 1. The Bertz CT molecular complexity index is 807. The molecule has 1 amide bonds. The zero-order valence-electron chi connectivity index (χ0n) is 12.6. The first-order chi connectivity index (χ1) is 11.4. The SMILES string of the molecule is CC(=O)c1ccccc1NC(=O)COc1cc(F)ccc1[N+](=O)[O-]. The molecular formula is C16H13FN2O5. The summed E-state index contributed by atoms with van der Waals surface area (Å²) in [5.41, 5.74) is 0.170. The van der Waals surface area contributed by atoms with Gasteiger partial charge >= 0.3 is 5.69 Å². The van der Waals surface area contributed by atoms with Crippen molar-refractivity contribution in [2.24, 2.45) is 0 Å². The number of nitrogens with one attached hydrogen (secondary N) is 1. The van der Waals surface area contributed by atoms with Gasteiger partial charge in [-0.05, 0) is 25.1 Å². The van der Waals surface area contributed by atoms with Crippen LogP contribution in [0.2, 0.25) is 0 Å². The quantitative estimate of drug-likeness (QED) is 0.498. The molecule has 0 atom stereocenters. The molecule has 0 unspecified atom stereocenters. The van der Waals surface area contributed by atoms with Gasteiger partial charge in [0.15, 0.2) is 12.4 Å². The van der Waals surface area contributed by atoms with Gasteiger partial charge in [-0.3, -0.25) is 19.7 Å². The lowest BCUT2D eigenvalue weighted by atomic mass is 10.1. The predicted octanol–water partition coefficient (Wildman–Crippen LogP) is 2.95. The number of amides is 1. The first-order valence-electron chi connectivity index (χ1n) is 6.85. The Morgan fingerprint density at radius 3 is 2.62 bits per heavy atom. The van der Waals surface area contributed by atoms with Crippen LogP contribution in [0.5, 0.6) is 5.75 Å². The van der Waals surface area contributed by atoms with E-state index in [1.807, 2.05) is 0 Å². The molecule has 0 spiro atoms. The first-order valence-corrected chi connectivity index (χ1v) is 6.85. The Hall–Kier alpha value is -3.29. The maximum absolute atomic E-state index is 13.2. The molecule has 24 heavy (non-hydrogen) atoms. The van der Waals surface area contributed by atoms with E-state index in [9.17, 15) is 24.1 Å². The van der Waals surface area contributed by atoms with E-state index in [2.05, 4.69) is 5.32 Å². The lowest BCUT2D eigenvalue weighted by molar-refractivity contribution is -0.385. The highest BCUT2D eigenvalue weighted by atomic mass is 19.1. The largest absolute Gasteiger partial charge is 0.477 e. The van der Waals surface area contributed by atoms with Gasteiger partial charge < -0.3 is 10.1 Å². The second-order valence-electron chi connectivity index (χ2n) is 4.81. The summed E-state index contributed by atoms with van der Waals surface area (Å²) in [4.78, 5) is 33.5. The summed E-state index contributed by atoms with van der Waals surface area (Å²) < 4.78 is 18.2. The van der Waals surface area contributed by atoms with Crippen molar-refractivity contribution in [2.75, 3.05) is 11.9 Å². The third-order valence-corrected chi connectivity index (χ3v) is 3.06. The van der Waals surface area contributed by atoms with Gasteiger partial charge in [-0.2, -0.15) is 0 Å². The van der Waals surface area contributed by atoms with Crippen molar-refractivity contribution >= 4 is 23.1 Å². The summed E-state index contributed by atoms with van der Waals surface area (Å²) in [5.74, 6) is -1.94. The van der Waals surface area contributed by atoms with E-state index >= 15 is 0 Å². The van der Waals surface area contributed by atoms with E-state index in [1.165, 1.54) is 6.92 Å². The van der Waals surface area contributed by atoms with Gasteiger partial charge in [0.1, 0.15) is 5.82 Å². The van der Waals surface area contributed by atoms with Crippen LogP contribution in [0.15, 0.2) is 42.5 Å². The molecule has 0 aliphatic rings. The number of nitrogens with zero attached hydrogens (tertiary/aromatic N) is 1. The van der Waals surface area contributed by atoms with Crippen LogP contribution in [0.4, 0.5) is 15.8 Å². The molecule has 2 aromatic carbocycles. The molecule has 0 saturated heterocycles.